The van der Waals surface area contributed by atoms with E-state index < -0.39 is 0 Å². The largest absolute Gasteiger partial charge is 0.392 e. The predicted octanol–water partition coefficient (Wildman–Crippen LogP) is 4.12. The third-order valence-corrected chi connectivity index (χ3v) is 3.59. The third kappa shape index (κ3) is 3.00. The summed E-state index contributed by atoms with van der Waals surface area (Å²) in [5.41, 5.74) is 0.317. The van der Waals surface area contributed by atoms with Gasteiger partial charge in [0.25, 0.3) is 0 Å². The van der Waals surface area contributed by atoms with E-state index in [-0.39, 0.29) is 12.4 Å². The first-order chi connectivity index (χ1) is 8.20. The van der Waals surface area contributed by atoms with Gasteiger partial charge in [-0.15, -0.1) is 0 Å². The summed E-state index contributed by atoms with van der Waals surface area (Å²) in [4.78, 5) is 1.62. The Morgan fingerprint density at radius 2 is 1.94 bits per heavy atom. The van der Waals surface area contributed by atoms with Crippen molar-refractivity contribution < 1.29 is 9.50 Å². The van der Waals surface area contributed by atoms with Gasteiger partial charge in [-0.2, -0.15) is 0 Å². The first-order valence-corrected chi connectivity index (χ1v) is 6.22. The number of benzene rings is 2. The van der Waals surface area contributed by atoms with Gasteiger partial charge in [-0.1, -0.05) is 35.5 Å². The van der Waals surface area contributed by atoms with Crippen LogP contribution in [0, 0.1) is 5.82 Å². The van der Waals surface area contributed by atoms with Crippen molar-refractivity contribution in [1.29, 1.82) is 0 Å². The molecule has 2 aromatic rings. The minimum Gasteiger partial charge on any atom is -0.392 e. The van der Waals surface area contributed by atoms with Gasteiger partial charge in [-0.25, -0.2) is 4.39 Å². The van der Waals surface area contributed by atoms with E-state index in [1.807, 2.05) is 12.1 Å². The lowest BCUT2D eigenvalue weighted by atomic mass is 10.2. The quantitative estimate of drug-likeness (QED) is 0.903. The summed E-state index contributed by atoms with van der Waals surface area (Å²) < 4.78 is 13.4. The van der Waals surface area contributed by atoms with Crippen LogP contribution in [0.1, 0.15) is 5.56 Å². The van der Waals surface area contributed by atoms with Crippen molar-refractivity contribution in [1.82, 2.24) is 0 Å². The van der Waals surface area contributed by atoms with E-state index in [1.165, 1.54) is 17.8 Å². The average Bonchev–Trinajstić information content (AvgIpc) is 2.29. The highest BCUT2D eigenvalue weighted by Crippen LogP contribution is 2.32. The van der Waals surface area contributed by atoms with Crippen molar-refractivity contribution >= 4 is 23.4 Å². The molecule has 2 rings (SSSR count). The lowest BCUT2D eigenvalue weighted by Crippen LogP contribution is -1.92. The zero-order valence-electron chi connectivity index (χ0n) is 8.86. The van der Waals surface area contributed by atoms with E-state index in [2.05, 4.69) is 0 Å². The zero-order valence-corrected chi connectivity index (χ0v) is 10.4. The molecule has 0 aliphatic carbocycles. The smallest absolute Gasteiger partial charge is 0.129 e. The highest BCUT2D eigenvalue weighted by Gasteiger charge is 2.08. The molecule has 0 bridgehead atoms. The molecule has 1 N–H and O–H groups in total. The summed E-state index contributed by atoms with van der Waals surface area (Å²) in [7, 11) is 0. The number of rotatable bonds is 3. The maximum atomic E-state index is 13.4. The number of hydrogen-bond donors (Lipinski definition) is 1. The average molecular weight is 269 g/mol. The number of hydrogen-bond acceptors (Lipinski definition) is 2. The maximum Gasteiger partial charge on any atom is 0.129 e. The predicted molar refractivity (Wildman–Crippen MR) is 67.9 cm³/mol. The molecule has 0 fully saturated rings. The van der Waals surface area contributed by atoms with Crippen LogP contribution in [-0.2, 0) is 6.61 Å². The van der Waals surface area contributed by atoms with Gasteiger partial charge in [0.1, 0.15) is 5.82 Å². The fourth-order valence-corrected chi connectivity index (χ4v) is 2.72. The van der Waals surface area contributed by atoms with Crippen LogP contribution in [0.3, 0.4) is 0 Å². The normalized spacial score (nSPS) is 10.5. The van der Waals surface area contributed by atoms with Crippen molar-refractivity contribution in [2.24, 2.45) is 0 Å². The van der Waals surface area contributed by atoms with Gasteiger partial charge in [0.05, 0.1) is 6.61 Å². The highest BCUT2D eigenvalue weighted by molar-refractivity contribution is 7.99. The van der Waals surface area contributed by atoms with Gasteiger partial charge in [-0.05, 0) is 30.3 Å². The summed E-state index contributed by atoms with van der Waals surface area (Å²) in [5.74, 6) is -0.389. The summed E-state index contributed by atoms with van der Waals surface area (Å²) in [6.45, 7) is -0.310. The van der Waals surface area contributed by atoms with Gasteiger partial charge in [0.2, 0.25) is 0 Å². The summed E-state index contributed by atoms with van der Waals surface area (Å²) in [6.07, 6.45) is 0. The maximum absolute atomic E-state index is 13.4. The molecule has 0 saturated heterocycles. The van der Waals surface area contributed by atoms with E-state index in [0.717, 1.165) is 4.90 Å². The summed E-state index contributed by atoms with van der Waals surface area (Å²) in [6, 6.07) is 12.1. The zero-order chi connectivity index (χ0) is 12.3. The standard InChI is InChI=1S/C13H10ClFOS/c14-9-3-1-4-10(7-9)17-13-6-2-5-12(15)11(13)8-16/h1-7,16H,8H2. The minimum atomic E-state index is -0.389. The van der Waals surface area contributed by atoms with Crippen molar-refractivity contribution in [2.75, 3.05) is 0 Å². The monoisotopic (exact) mass is 268 g/mol. The molecule has 88 valence electrons. The molecule has 0 radical (unpaired) electrons. The molecule has 0 spiro atoms. The van der Waals surface area contributed by atoms with Gasteiger partial charge < -0.3 is 5.11 Å². The van der Waals surface area contributed by atoms with Crippen LogP contribution in [-0.4, -0.2) is 5.11 Å². The number of aliphatic hydroxyl groups is 1. The van der Waals surface area contributed by atoms with Crippen LogP contribution in [0.25, 0.3) is 0 Å². The molecule has 2 aromatic carbocycles. The minimum absolute atomic E-state index is 0.310. The van der Waals surface area contributed by atoms with Crippen molar-refractivity contribution in [3.05, 3.63) is 58.9 Å². The Morgan fingerprint density at radius 3 is 2.65 bits per heavy atom. The molecule has 0 atom stereocenters. The molecule has 0 aliphatic rings. The Bertz CT molecular complexity index is 531. The Kier molecular flexibility index (Phi) is 4.05. The topological polar surface area (TPSA) is 20.2 Å². The molecule has 0 unspecified atom stereocenters. The molecule has 4 heteroatoms. The van der Waals surface area contributed by atoms with Crippen LogP contribution in [0.5, 0.6) is 0 Å². The molecular weight excluding hydrogens is 259 g/mol. The second kappa shape index (κ2) is 5.54. The van der Waals surface area contributed by atoms with E-state index in [1.54, 1.807) is 24.3 Å². The van der Waals surface area contributed by atoms with Crippen LogP contribution < -0.4 is 0 Å². The van der Waals surface area contributed by atoms with Crippen molar-refractivity contribution in [2.45, 2.75) is 16.4 Å². The van der Waals surface area contributed by atoms with Gasteiger partial charge in [-0.3, -0.25) is 0 Å². The van der Waals surface area contributed by atoms with E-state index in [9.17, 15) is 4.39 Å². The van der Waals surface area contributed by atoms with Crippen LogP contribution in [0.4, 0.5) is 4.39 Å². The van der Waals surface area contributed by atoms with Gasteiger partial charge in [0.15, 0.2) is 0 Å². The fourth-order valence-electron chi connectivity index (χ4n) is 1.45. The molecule has 0 saturated carbocycles. The van der Waals surface area contributed by atoms with Crippen molar-refractivity contribution in [3.63, 3.8) is 0 Å². The van der Waals surface area contributed by atoms with E-state index in [0.29, 0.717) is 15.5 Å². The fraction of sp³-hybridized carbons (Fsp3) is 0.0769. The first kappa shape index (κ1) is 12.4. The number of halogens is 2. The van der Waals surface area contributed by atoms with E-state index >= 15 is 0 Å². The van der Waals surface area contributed by atoms with Gasteiger partial charge >= 0.3 is 0 Å². The molecule has 0 amide bonds. The highest BCUT2D eigenvalue weighted by atomic mass is 35.5. The third-order valence-electron chi connectivity index (χ3n) is 2.26. The molecular formula is C13H10ClFOS. The van der Waals surface area contributed by atoms with Crippen LogP contribution in [0.2, 0.25) is 5.02 Å². The Balaban J connectivity index is 2.33. The van der Waals surface area contributed by atoms with Crippen LogP contribution in [0.15, 0.2) is 52.3 Å². The molecule has 0 aliphatic heterocycles. The summed E-state index contributed by atoms with van der Waals surface area (Å²) >= 11 is 7.26. The molecule has 0 heterocycles. The second-order valence-corrected chi connectivity index (χ2v) is 4.99. The van der Waals surface area contributed by atoms with E-state index in [4.69, 9.17) is 16.7 Å². The molecule has 17 heavy (non-hydrogen) atoms. The lowest BCUT2D eigenvalue weighted by Gasteiger charge is -2.08. The Morgan fingerprint density at radius 1 is 1.18 bits per heavy atom. The Hall–Kier alpha value is -1.03. The Labute approximate surface area is 108 Å². The van der Waals surface area contributed by atoms with Crippen LogP contribution >= 0.6 is 23.4 Å². The first-order valence-electron chi connectivity index (χ1n) is 5.02. The lowest BCUT2D eigenvalue weighted by molar-refractivity contribution is 0.272. The number of aliphatic hydroxyl groups excluding tert-OH is 1. The van der Waals surface area contributed by atoms with Crippen molar-refractivity contribution in [3.8, 4) is 0 Å². The van der Waals surface area contributed by atoms with Gasteiger partial charge in [0, 0.05) is 20.4 Å². The molecule has 1 nitrogen and oxygen atoms in total. The SMILES string of the molecule is OCc1c(F)cccc1Sc1cccc(Cl)c1. The molecule has 0 aromatic heterocycles. The second-order valence-electron chi connectivity index (χ2n) is 3.43. The summed E-state index contributed by atoms with van der Waals surface area (Å²) in [5, 5.41) is 9.79.